The van der Waals surface area contributed by atoms with Crippen molar-refractivity contribution >= 4 is 23.0 Å². The van der Waals surface area contributed by atoms with E-state index in [9.17, 15) is 14.7 Å². The lowest BCUT2D eigenvalue weighted by Crippen LogP contribution is -2.33. The number of hydrogen-bond donors (Lipinski definition) is 2. The van der Waals surface area contributed by atoms with Gasteiger partial charge in [-0.25, -0.2) is 14.8 Å². The molecule has 0 aliphatic rings. The van der Waals surface area contributed by atoms with Gasteiger partial charge in [-0.2, -0.15) is 0 Å². The minimum absolute atomic E-state index is 0.400. The molecule has 33 heavy (non-hydrogen) atoms. The molecule has 4 aromatic rings. The van der Waals surface area contributed by atoms with Crippen LogP contribution in [0.15, 0.2) is 60.7 Å². The van der Waals surface area contributed by atoms with Gasteiger partial charge in [-0.1, -0.05) is 49.4 Å². The highest BCUT2D eigenvalue weighted by Gasteiger charge is 2.22. The van der Waals surface area contributed by atoms with Crippen LogP contribution in [-0.2, 0) is 17.8 Å². The third kappa shape index (κ3) is 4.62. The van der Waals surface area contributed by atoms with Crippen molar-refractivity contribution in [2.45, 2.75) is 39.8 Å². The fourth-order valence-corrected chi connectivity index (χ4v) is 3.98. The molecule has 1 atom stereocenters. The Morgan fingerprint density at radius 3 is 2.36 bits per heavy atom. The smallest absolute Gasteiger partial charge is 0.330 e. The quantitative estimate of drug-likeness (QED) is 0.447. The maximum Gasteiger partial charge on any atom is 0.330 e. The molecule has 168 valence electrons. The van der Waals surface area contributed by atoms with Crippen molar-refractivity contribution in [2.24, 2.45) is 0 Å². The van der Waals surface area contributed by atoms with Gasteiger partial charge < -0.3 is 15.0 Å². The third-order valence-electron chi connectivity index (χ3n) is 5.63. The average molecular weight is 443 g/mol. The maximum atomic E-state index is 12.7. The summed E-state index contributed by atoms with van der Waals surface area (Å²) in [5.41, 5.74) is 5.74. The normalized spacial score (nSPS) is 12.0. The summed E-state index contributed by atoms with van der Waals surface area (Å²) in [6.45, 7) is 6.67. The number of benzene rings is 2. The molecule has 0 aliphatic carbocycles. The van der Waals surface area contributed by atoms with Gasteiger partial charge >= 0.3 is 5.97 Å². The number of nitrogens with zero attached hydrogens (tertiary/aromatic N) is 3. The first kappa shape index (κ1) is 22.2. The Balaban J connectivity index is 1.56. The average Bonchev–Trinajstić information content (AvgIpc) is 3.15. The molecule has 2 heterocycles. The van der Waals surface area contributed by atoms with Crippen LogP contribution in [0, 0.1) is 13.8 Å². The Hall–Kier alpha value is -4.00. The number of carboxylic acid groups (broad SMARTS) is 1. The van der Waals surface area contributed by atoms with Crippen LogP contribution >= 0.6 is 0 Å². The Labute approximate surface area is 192 Å². The van der Waals surface area contributed by atoms with Crippen molar-refractivity contribution in [1.29, 1.82) is 0 Å². The number of aromatic nitrogens is 3. The minimum Gasteiger partial charge on any atom is -0.479 e. The molecule has 0 fully saturated rings. The summed E-state index contributed by atoms with van der Waals surface area (Å²) in [7, 11) is 0. The summed E-state index contributed by atoms with van der Waals surface area (Å²) in [5.74, 6) is -0.587. The summed E-state index contributed by atoms with van der Waals surface area (Å²) >= 11 is 0. The van der Waals surface area contributed by atoms with Gasteiger partial charge in [-0.3, -0.25) is 4.79 Å². The van der Waals surface area contributed by atoms with Gasteiger partial charge in [0.2, 0.25) is 0 Å². The second-order valence-corrected chi connectivity index (χ2v) is 8.07. The summed E-state index contributed by atoms with van der Waals surface area (Å²) < 4.78 is 2.11. The number of rotatable bonds is 7. The molecule has 0 radical (unpaired) electrons. The number of carbonyl (C=O) groups excluding carboxylic acids is 1. The molecular formula is C26H26N4O3. The van der Waals surface area contributed by atoms with E-state index in [1.54, 1.807) is 42.5 Å². The van der Waals surface area contributed by atoms with Crippen molar-refractivity contribution in [3.05, 3.63) is 94.4 Å². The number of aliphatic carboxylic acids is 1. The Morgan fingerprint density at radius 1 is 1.03 bits per heavy atom. The zero-order valence-corrected chi connectivity index (χ0v) is 18.9. The molecule has 0 bridgehead atoms. The van der Waals surface area contributed by atoms with E-state index in [1.165, 1.54) is 0 Å². The summed E-state index contributed by atoms with van der Waals surface area (Å²) in [4.78, 5) is 33.9. The van der Waals surface area contributed by atoms with Crippen LogP contribution in [0.5, 0.6) is 0 Å². The van der Waals surface area contributed by atoms with Gasteiger partial charge in [-0.05, 0) is 48.7 Å². The number of amides is 1. The van der Waals surface area contributed by atoms with Crippen molar-refractivity contribution in [1.82, 2.24) is 19.9 Å². The first-order valence-electron chi connectivity index (χ1n) is 10.9. The second-order valence-electron chi connectivity index (χ2n) is 8.07. The molecule has 0 spiro atoms. The van der Waals surface area contributed by atoms with Crippen LogP contribution in [-0.4, -0.2) is 31.5 Å². The number of carbonyl (C=O) groups is 2. The van der Waals surface area contributed by atoms with Crippen LogP contribution in [0.3, 0.4) is 0 Å². The predicted molar refractivity (Wildman–Crippen MR) is 126 cm³/mol. The fraction of sp³-hybridized carbons (Fsp3) is 0.231. The highest BCUT2D eigenvalue weighted by molar-refractivity contribution is 5.96. The Morgan fingerprint density at radius 2 is 1.73 bits per heavy atom. The molecule has 7 heteroatoms. The SMILES string of the molecule is CCc1nc2c(C)cc(C)nc2n1Cc1ccc(C(=O)N[C@H](C(=O)O)c2ccccc2)cc1. The van der Waals surface area contributed by atoms with E-state index in [4.69, 9.17) is 9.97 Å². The fourth-order valence-electron chi connectivity index (χ4n) is 3.98. The highest BCUT2D eigenvalue weighted by Crippen LogP contribution is 2.21. The molecule has 0 saturated heterocycles. The van der Waals surface area contributed by atoms with Gasteiger partial charge in [0, 0.05) is 17.7 Å². The first-order chi connectivity index (χ1) is 15.9. The number of aryl methyl sites for hydroxylation is 3. The molecule has 7 nitrogen and oxygen atoms in total. The van der Waals surface area contributed by atoms with E-state index in [0.717, 1.165) is 40.2 Å². The Bertz CT molecular complexity index is 1310. The van der Waals surface area contributed by atoms with Crippen LogP contribution in [0.1, 0.15) is 51.5 Å². The van der Waals surface area contributed by atoms with E-state index in [1.807, 2.05) is 32.0 Å². The molecular weight excluding hydrogens is 416 g/mol. The monoisotopic (exact) mass is 442 g/mol. The zero-order valence-electron chi connectivity index (χ0n) is 18.9. The highest BCUT2D eigenvalue weighted by atomic mass is 16.4. The number of hydrogen-bond acceptors (Lipinski definition) is 4. The number of pyridine rings is 1. The third-order valence-corrected chi connectivity index (χ3v) is 5.63. The van der Waals surface area contributed by atoms with Crippen LogP contribution in [0.4, 0.5) is 0 Å². The first-order valence-corrected chi connectivity index (χ1v) is 10.9. The molecule has 2 aromatic heterocycles. The standard InChI is InChI=1S/C26H26N4O3/c1-4-21-28-22-16(2)14-17(3)27-24(22)30(21)15-18-10-12-20(13-11-18)25(31)29-23(26(32)33)19-8-6-5-7-9-19/h5-14,23H,4,15H2,1-3H3,(H,29,31)(H,32,33)/t23-/m0/s1. The molecule has 1 amide bonds. The topological polar surface area (TPSA) is 97.1 Å². The van der Waals surface area contributed by atoms with Crippen LogP contribution in [0.2, 0.25) is 0 Å². The lowest BCUT2D eigenvalue weighted by molar-refractivity contribution is -0.139. The molecule has 0 saturated carbocycles. The van der Waals surface area contributed by atoms with Gasteiger partial charge in [0.05, 0.1) is 6.54 Å². The lowest BCUT2D eigenvalue weighted by atomic mass is 10.1. The van der Waals surface area contributed by atoms with Crippen molar-refractivity contribution < 1.29 is 14.7 Å². The minimum atomic E-state index is -1.11. The van der Waals surface area contributed by atoms with Gasteiger partial charge in [0.1, 0.15) is 11.3 Å². The summed E-state index contributed by atoms with van der Waals surface area (Å²) in [5, 5.41) is 12.2. The van der Waals surface area contributed by atoms with E-state index in [2.05, 4.69) is 16.8 Å². The summed E-state index contributed by atoms with van der Waals surface area (Å²) in [6.07, 6.45) is 0.783. The molecule has 0 unspecified atom stereocenters. The zero-order chi connectivity index (χ0) is 23.5. The van der Waals surface area contributed by atoms with Gasteiger partial charge in [0.15, 0.2) is 11.7 Å². The van der Waals surface area contributed by atoms with E-state index < -0.39 is 17.9 Å². The van der Waals surface area contributed by atoms with E-state index in [-0.39, 0.29) is 0 Å². The van der Waals surface area contributed by atoms with Crippen LogP contribution < -0.4 is 5.32 Å². The van der Waals surface area contributed by atoms with Gasteiger partial charge in [0.25, 0.3) is 5.91 Å². The number of carboxylic acids is 1. The van der Waals surface area contributed by atoms with E-state index >= 15 is 0 Å². The molecule has 4 rings (SSSR count). The lowest BCUT2D eigenvalue weighted by Gasteiger charge is -2.15. The van der Waals surface area contributed by atoms with Gasteiger partial charge in [-0.15, -0.1) is 0 Å². The molecule has 2 N–H and O–H groups in total. The largest absolute Gasteiger partial charge is 0.479 e. The number of imidazole rings is 1. The van der Waals surface area contributed by atoms with Crippen molar-refractivity contribution in [3.63, 3.8) is 0 Å². The summed E-state index contributed by atoms with van der Waals surface area (Å²) in [6, 6.07) is 16.7. The predicted octanol–water partition coefficient (Wildman–Crippen LogP) is 4.21. The number of nitrogens with one attached hydrogen (secondary N) is 1. The van der Waals surface area contributed by atoms with Crippen molar-refractivity contribution in [3.8, 4) is 0 Å². The Kier molecular flexibility index (Phi) is 6.22. The molecule has 0 aliphatic heterocycles. The van der Waals surface area contributed by atoms with E-state index in [0.29, 0.717) is 17.7 Å². The molecule has 2 aromatic carbocycles. The number of fused-ring (bicyclic) bond motifs is 1. The van der Waals surface area contributed by atoms with Crippen molar-refractivity contribution in [2.75, 3.05) is 0 Å². The van der Waals surface area contributed by atoms with Crippen LogP contribution in [0.25, 0.3) is 11.2 Å². The maximum absolute atomic E-state index is 12.7. The second kappa shape index (κ2) is 9.24.